The molecule has 0 atom stereocenters. The molecule has 0 radical (unpaired) electrons. The molecule has 0 aliphatic carbocycles. The minimum absolute atomic E-state index is 0.0331. The van der Waals surface area contributed by atoms with Crippen molar-refractivity contribution < 1.29 is 9.18 Å². The second-order valence-corrected chi connectivity index (χ2v) is 7.88. The molecule has 1 amide bonds. The summed E-state index contributed by atoms with van der Waals surface area (Å²) in [5.41, 5.74) is 2.05. The Labute approximate surface area is 162 Å². The highest BCUT2D eigenvalue weighted by molar-refractivity contribution is 7.20. The molecule has 2 aromatic heterocycles. The number of pyridine rings is 1. The van der Waals surface area contributed by atoms with Gasteiger partial charge in [-0.1, -0.05) is 19.9 Å². The summed E-state index contributed by atoms with van der Waals surface area (Å²) in [6.45, 7) is 5.86. The van der Waals surface area contributed by atoms with Crippen molar-refractivity contribution in [2.45, 2.75) is 27.3 Å². The Morgan fingerprint density at radius 1 is 1.41 bits per heavy atom. The van der Waals surface area contributed by atoms with E-state index >= 15 is 0 Å². The lowest BCUT2D eigenvalue weighted by Crippen LogP contribution is -2.28. The molecule has 0 fully saturated rings. The predicted molar refractivity (Wildman–Crippen MR) is 110 cm³/mol. The molecule has 0 saturated carbocycles. The van der Waals surface area contributed by atoms with E-state index in [1.54, 1.807) is 19.2 Å². The number of nitrogens with zero attached hydrogens (tertiary/aromatic N) is 4. The largest absolute Gasteiger partial charge is 0.377 e. The van der Waals surface area contributed by atoms with Gasteiger partial charge in [0.2, 0.25) is 0 Å². The van der Waals surface area contributed by atoms with Crippen molar-refractivity contribution in [2.75, 3.05) is 19.0 Å². The average molecular weight is 386 g/mol. The van der Waals surface area contributed by atoms with Crippen LogP contribution in [0.15, 0.2) is 40.9 Å². The highest BCUT2D eigenvalue weighted by Crippen LogP contribution is 2.38. The first-order valence-corrected chi connectivity index (χ1v) is 9.62. The molecule has 3 rings (SSSR count). The number of hydrogen-bond acceptors (Lipinski definition) is 5. The SMILES string of the molecule is C/C=C(\C(F)=C/C(C)C)N1C=NCc2c(sc3nccc(N(C)C)c23)C1=O. The fourth-order valence-electron chi connectivity index (χ4n) is 3.08. The van der Waals surface area contributed by atoms with Gasteiger partial charge in [0, 0.05) is 36.9 Å². The van der Waals surface area contributed by atoms with Gasteiger partial charge in [-0.3, -0.25) is 14.7 Å². The molecule has 0 bridgehead atoms. The Morgan fingerprint density at radius 2 is 2.15 bits per heavy atom. The number of amides is 1. The van der Waals surface area contributed by atoms with E-state index in [4.69, 9.17) is 0 Å². The van der Waals surface area contributed by atoms with Crippen LogP contribution in [0.2, 0.25) is 0 Å². The first-order valence-electron chi connectivity index (χ1n) is 8.80. The van der Waals surface area contributed by atoms with Crippen LogP contribution in [0, 0.1) is 5.92 Å². The molecular formula is C20H23FN4OS. The molecule has 5 nitrogen and oxygen atoms in total. The molecule has 142 valence electrons. The number of thiophene rings is 1. The Balaban J connectivity index is 2.13. The van der Waals surface area contributed by atoms with Gasteiger partial charge < -0.3 is 4.90 Å². The van der Waals surface area contributed by atoms with Crippen LogP contribution in [-0.2, 0) is 6.54 Å². The standard InChI is InChI=1S/C20H23FN4OS/c1-6-15(14(21)9-12(2)3)25-11-22-10-13-17-16(24(4)5)7-8-23-19(17)27-18(13)20(25)26/h6-9,11-12H,10H2,1-5H3/b14-9+,15-6+. The van der Waals surface area contributed by atoms with E-state index in [1.165, 1.54) is 28.7 Å². The van der Waals surface area contributed by atoms with Crippen LogP contribution in [0.1, 0.15) is 36.0 Å². The van der Waals surface area contributed by atoms with E-state index in [9.17, 15) is 9.18 Å². The molecule has 0 N–H and O–H groups in total. The van der Waals surface area contributed by atoms with Gasteiger partial charge in [0.25, 0.3) is 5.91 Å². The van der Waals surface area contributed by atoms with Gasteiger partial charge >= 0.3 is 0 Å². The molecule has 0 unspecified atom stereocenters. The molecule has 27 heavy (non-hydrogen) atoms. The normalized spacial score (nSPS) is 15.5. The molecule has 2 aromatic rings. The molecule has 3 heterocycles. The number of carbonyl (C=O) groups is 1. The van der Waals surface area contributed by atoms with Gasteiger partial charge in [-0.2, -0.15) is 0 Å². The molecule has 0 aromatic carbocycles. The maximum absolute atomic E-state index is 14.7. The molecule has 1 aliphatic rings. The summed E-state index contributed by atoms with van der Waals surface area (Å²) in [7, 11) is 3.91. The first kappa shape index (κ1) is 19.2. The second kappa shape index (κ2) is 7.60. The lowest BCUT2D eigenvalue weighted by molar-refractivity contribution is 0.0885. The Hall–Kier alpha value is -2.54. The number of anilines is 1. The molecule has 7 heteroatoms. The van der Waals surface area contributed by atoms with E-state index in [0.29, 0.717) is 11.4 Å². The summed E-state index contributed by atoms with van der Waals surface area (Å²) in [4.78, 5) is 26.7. The van der Waals surface area contributed by atoms with Gasteiger partial charge in [0.05, 0.1) is 18.6 Å². The van der Waals surface area contributed by atoms with Gasteiger partial charge in [-0.25, -0.2) is 9.37 Å². The number of carbonyl (C=O) groups excluding carboxylic acids is 1. The number of allylic oxidation sites excluding steroid dienone is 3. The maximum Gasteiger partial charge on any atom is 0.274 e. The van der Waals surface area contributed by atoms with Crippen molar-refractivity contribution in [3.8, 4) is 0 Å². The summed E-state index contributed by atoms with van der Waals surface area (Å²) in [6.07, 6.45) is 6.26. The monoisotopic (exact) mass is 386 g/mol. The number of aromatic nitrogens is 1. The lowest BCUT2D eigenvalue weighted by Gasteiger charge is -2.18. The van der Waals surface area contributed by atoms with Crippen molar-refractivity contribution >= 4 is 39.5 Å². The summed E-state index contributed by atoms with van der Waals surface area (Å²) in [6, 6.07) is 1.93. The summed E-state index contributed by atoms with van der Waals surface area (Å²) >= 11 is 1.33. The van der Waals surface area contributed by atoms with E-state index < -0.39 is 5.83 Å². The fourth-order valence-corrected chi connectivity index (χ4v) is 4.19. The molecule has 0 saturated heterocycles. The highest BCUT2D eigenvalue weighted by atomic mass is 32.1. The van der Waals surface area contributed by atoms with Gasteiger partial charge in [0.15, 0.2) is 0 Å². The van der Waals surface area contributed by atoms with Crippen molar-refractivity contribution in [1.82, 2.24) is 9.88 Å². The third-order valence-electron chi connectivity index (χ3n) is 4.27. The third kappa shape index (κ3) is 3.51. The minimum atomic E-state index is -0.427. The first-order chi connectivity index (χ1) is 12.8. The maximum atomic E-state index is 14.7. The van der Waals surface area contributed by atoms with Crippen LogP contribution in [0.5, 0.6) is 0 Å². The highest BCUT2D eigenvalue weighted by Gasteiger charge is 2.29. The summed E-state index contributed by atoms with van der Waals surface area (Å²) < 4.78 is 14.7. The van der Waals surface area contributed by atoms with Crippen LogP contribution in [0.3, 0.4) is 0 Å². The summed E-state index contributed by atoms with van der Waals surface area (Å²) in [5.74, 6) is -0.672. The van der Waals surface area contributed by atoms with Crippen LogP contribution >= 0.6 is 11.3 Å². The number of halogens is 1. The Morgan fingerprint density at radius 3 is 2.78 bits per heavy atom. The topological polar surface area (TPSA) is 48.8 Å². The van der Waals surface area contributed by atoms with Crippen LogP contribution in [-0.4, -0.2) is 36.2 Å². The lowest BCUT2D eigenvalue weighted by atomic mass is 10.1. The van der Waals surface area contributed by atoms with Crippen LogP contribution in [0.4, 0.5) is 10.1 Å². The zero-order valence-corrected chi connectivity index (χ0v) is 17.0. The Bertz CT molecular complexity index is 972. The molecule has 1 aliphatic heterocycles. The van der Waals surface area contributed by atoms with Crippen molar-refractivity contribution in [1.29, 1.82) is 0 Å². The predicted octanol–water partition coefficient (Wildman–Crippen LogP) is 4.76. The minimum Gasteiger partial charge on any atom is -0.377 e. The van der Waals surface area contributed by atoms with E-state index in [-0.39, 0.29) is 17.5 Å². The number of rotatable bonds is 4. The van der Waals surface area contributed by atoms with Gasteiger partial charge in [-0.05, 0) is 25.0 Å². The number of aliphatic imine (C=N–C) groups is 1. The van der Waals surface area contributed by atoms with E-state index in [1.807, 2.05) is 38.9 Å². The zero-order chi connectivity index (χ0) is 19.7. The van der Waals surface area contributed by atoms with E-state index in [2.05, 4.69) is 9.98 Å². The van der Waals surface area contributed by atoms with Crippen molar-refractivity contribution in [3.05, 3.63) is 46.4 Å². The van der Waals surface area contributed by atoms with E-state index in [0.717, 1.165) is 21.5 Å². The van der Waals surface area contributed by atoms with Crippen LogP contribution < -0.4 is 4.90 Å². The number of fused-ring (bicyclic) bond motifs is 3. The second-order valence-electron chi connectivity index (χ2n) is 6.88. The summed E-state index contributed by atoms with van der Waals surface area (Å²) in [5, 5.41) is 0.940. The third-order valence-corrected chi connectivity index (χ3v) is 5.40. The quantitative estimate of drug-likeness (QED) is 0.712. The smallest absolute Gasteiger partial charge is 0.274 e. The molecule has 0 spiro atoms. The zero-order valence-electron chi connectivity index (χ0n) is 16.2. The van der Waals surface area contributed by atoms with Gasteiger partial charge in [0.1, 0.15) is 15.5 Å². The Kier molecular flexibility index (Phi) is 5.41. The van der Waals surface area contributed by atoms with Crippen molar-refractivity contribution in [2.24, 2.45) is 10.9 Å². The van der Waals surface area contributed by atoms with Gasteiger partial charge in [-0.15, -0.1) is 11.3 Å². The van der Waals surface area contributed by atoms with Crippen LogP contribution in [0.25, 0.3) is 10.2 Å². The fraction of sp³-hybridized carbons (Fsp3) is 0.350. The average Bonchev–Trinajstić information content (AvgIpc) is 2.90. The number of hydrogen-bond donors (Lipinski definition) is 0. The van der Waals surface area contributed by atoms with Crippen molar-refractivity contribution in [3.63, 3.8) is 0 Å². The molecular weight excluding hydrogens is 363 g/mol.